The Kier molecular flexibility index (Phi) is 5.16. The predicted octanol–water partition coefficient (Wildman–Crippen LogP) is 1.71. The normalized spacial score (nSPS) is 19.7. The van der Waals surface area contributed by atoms with Gasteiger partial charge in [-0.2, -0.15) is 0 Å². The van der Waals surface area contributed by atoms with Gasteiger partial charge in [0.1, 0.15) is 5.82 Å². The number of pyridine rings is 1. The third kappa shape index (κ3) is 3.67. The van der Waals surface area contributed by atoms with Gasteiger partial charge in [-0.25, -0.2) is 4.98 Å². The van der Waals surface area contributed by atoms with Crippen LogP contribution >= 0.6 is 0 Å². The molecular formula is C15H25N3O. The van der Waals surface area contributed by atoms with Gasteiger partial charge in [0.25, 0.3) is 0 Å². The minimum atomic E-state index is 0.298. The summed E-state index contributed by atoms with van der Waals surface area (Å²) >= 11 is 0. The van der Waals surface area contributed by atoms with Crippen molar-refractivity contribution in [1.82, 2.24) is 10.3 Å². The molecule has 1 aliphatic rings. The molecule has 19 heavy (non-hydrogen) atoms. The molecule has 0 bridgehead atoms. The summed E-state index contributed by atoms with van der Waals surface area (Å²) in [6, 6.07) is 2.22. The van der Waals surface area contributed by atoms with E-state index in [0.717, 1.165) is 31.9 Å². The Morgan fingerprint density at radius 3 is 3.05 bits per heavy atom. The van der Waals surface area contributed by atoms with Gasteiger partial charge in [-0.1, -0.05) is 0 Å². The summed E-state index contributed by atoms with van der Waals surface area (Å²) in [6.45, 7) is 5.41. The molecule has 1 fully saturated rings. The lowest BCUT2D eigenvalue weighted by molar-refractivity contribution is 0.244. The van der Waals surface area contributed by atoms with E-state index in [4.69, 9.17) is 5.11 Å². The molecule has 0 aromatic carbocycles. The lowest BCUT2D eigenvalue weighted by Gasteiger charge is -2.34. The van der Waals surface area contributed by atoms with E-state index < -0.39 is 0 Å². The second-order valence-electron chi connectivity index (χ2n) is 5.48. The topological polar surface area (TPSA) is 48.4 Å². The Balaban J connectivity index is 2.08. The predicted molar refractivity (Wildman–Crippen MR) is 78.4 cm³/mol. The molecule has 0 amide bonds. The van der Waals surface area contributed by atoms with Crippen molar-refractivity contribution >= 4 is 5.82 Å². The number of nitrogens with one attached hydrogen (secondary N) is 1. The highest BCUT2D eigenvalue weighted by atomic mass is 16.3. The van der Waals surface area contributed by atoms with Crippen LogP contribution in [0.15, 0.2) is 12.3 Å². The highest BCUT2D eigenvalue weighted by molar-refractivity contribution is 5.47. The molecule has 1 aromatic heterocycles. The van der Waals surface area contributed by atoms with E-state index in [0.29, 0.717) is 12.5 Å². The molecule has 1 unspecified atom stereocenters. The van der Waals surface area contributed by atoms with Crippen molar-refractivity contribution in [3.63, 3.8) is 0 Å². The highest BCUT2D eigenvalue weighted by Gasteiger charge is 2.21. The van der Waals surface area contributed by atoms with E-state index in [1.165, 1.54) is 24.0 Å². The van der Waals surface area contributed by atoms with Crippen LogP contribution in [0, 0.1) is 12.8 Å². The van der Waals surface area contributed by atoms with Crippen LogP contribution in [-0.2, 0) is 6.54 Å². The number of anilines is 1. The van der Waals surface area contributed by atoms with Crippen molar-refractivity contribution in [2.24, 2.45) is 5.92 Å². The SMILES string of the molecule is CNCc1cnc(N2CCCC(CCO)C2)c(C)c1. The lowest BCUT2D eigenvalue weighted by Crippen LogP contribution is -2.36. The van der Waals surface area contributed by atoms with Gasteiger partial charge in [0.15, 0.2) is 0 Å². The zero-order chi connectivity index (χ0) is 13.7. The Morgan fingerprint density at radius 2 is 2.37 bits per heavy atom. The Bertz CT molecular complexity index is 406. The number of aliphatic hydroxyl groups excluding tert-OH is 1. The van der Waals surface area contributed by atoms with Gasteiger partial charge in [0.05, 0.1) is 0 Å². The molecule has 0 radical (unpaired) electrons. The van der Waals surface area contributed by atoms with Crippen LogP contribution in [0.3, 0.4) is 0 Å². The molecule has 1 aliphatic heterocycles. The number of hydrogen-bond donors (Lipinski definition) is 2. The summed E-state index contributed by atoms with van der Waals surface area (Å²) in [5, 5.41) is 12.2. The number of aliphatic hydroxyl groups is 1. The molecule has 1 atom stereocenters. The summed E-state index contributed by atoms with van der Waals surface area (Å²) in [7, 11) is 1.95. The van der Waals surface area contributed by atoms with E-state index in [2.05, 4.69) is 28.2 Å². The number of piperidine rings is 1. The molecule has 1 aromatic rings. The van der Waals surface area contributed by atoms with Gasteiger partial charge in [0.2, 0.25) is 0 Å². The molecule has 0 saturated carbocycles. The first kappa shape index (κ1) is 14.3. The van der Waals surface area contributed by atoms with Crippen LogP contribution in [0.5, 0.6) is 0 Å². The van der Waals surface area contributed by atoms with Gasteiger partial charge >= 0.3 is 0 Å². The van der Waals surface area contributed by atoms with Crippen molar-refractivity contribution < 1.29 is 5.11 Å². The molecular weight excluding hydrogens is 238 g/mol. The fourth-order valence-corrected chi connectivity index (χ4v) is 2.93. The van der Waals surface area contributed by atoms with E-state index in [-0.39, 0.29) is 0 Å². The minimum absolute atomic E-state index is 0.298. The van der Waals surface area contributed by atoms with E-state index in [9.17, 15) is 0 Å². The van der Waals surface area contributed by atoms with Crippen molar-refractivity contribution in [1.29, 1.82) is 0 Å². The average molecular weight is 263 g/mol. The van der Waals surface area contributed by atoms with E-state index in [1.807, 2.05) is 13.2 Å². The number of aryl methyl sites for hydroxylation is 1. The molecule has 4 heteroatoms. The number of aromatic nitrogens is 1. The van der Waals surface area contributed by atoms with Gasteiger partial charge in [-0.05, 0) is 56.3 Å². The molecule has 0 spiro atoms. The van der Waals surface area contributed by atoms with Gasteiger partial charge < -0.3 is 15.3 Å². The second-order valence-corrected chi connectivity index (χ2v) is 5.48. The molecule has 2 rings (SSSR count). The third-order valence-electron chi connectivity index (χ3n) is 3.84. The van der Waals surface area contributed by atoms with Crippen molar-refractivity contribution in [2.75, 3.05) is 31.6 Å². The van der Waals surface area contributed by atoms with Crippen molar-refractivity contribution in [3.8, 4) is 0 Å². The molecule has 2 heterocycles. The molecule has 4 nitrogen and oxygen atoms in total. The Morgan fingerprint density at radius 1 is 1.53 bits per heavy atom. The smallest absolute Gasteiger partial charge is 0.131 e. The molecule has 0 aliphatic carbocycles. The van der Waals surface area contributed by atoms with Crippen molar-refractivity contribution in [2.45, 2.75) is 32.7 Å². The number of rotatable bonds is 5. The van der Waals surface area contributed by atoms with Crippen LogP contribution < -0.4 is 10.2 Å². The van der Waals surface area contributed by atoms with Crippen LogP contribution in [0.25, 0.3) is 0 Å². The summed E-state index contributed by atoms with van der Waals surface area (Å²) in [4.78, 5) is 7.02. The largest absolute Gasteiger partial charge is 0.396 e. The van der Waals surface area contributed by atoms with Crippen LogP contribution in [-0.4, -0.2) is 36.8 Å². The quantitative estimate of drug-likeness (QED) is 0.849. The van der Waals surface area contributed by atoms with E-state index >= 15 is 0 Å². The zero-order valence-electron chi connectivity index (χ0n) is 12.0. The number of nitrogens with zero attached hydrogens (tertiary/aromatic N) is 2. The lowest BCUT2D eigenvalue weighted by atomic mass is 9.95. The highest BCUT2D eigenvalue weighted by Crippen LogP contribution is 2.26. The van der Waals surface area contributed by atoms with Crippen LogP contribution in [0.1, 0.15) is 30.4 Å². The van der Waals surface area contributed by atoms with E-state index in [1.54, 1.807) is 0 Å². The first-order chi connectivity index (χ1) is 9.24. The Labute approximate surface area is 115 Å². The van der Waals surface area contributed by atoms with Crippen LogP contribution in [0.2, 0.25) is 0 Å². The summed E-state index contributed by atoms with van der Waals surface area (Å²) in [6.07, 6.45) is 5.31. The summed E-state index contributed by atoms with van der Waals surface area (Å²) < 4.78 is 0. The average Bonchev–Trinajstić information content (AvgIpc) is 2.40. The number of hydrogen-bond acceptors (Lipinski definition) is 4. The van der Waals surface area contributed by atoms with Gasteiger partial charge in [-0.3, -0.25) is 0 Å². The molecule has 2 N–H and O–H groups in total. The minimum Gasteiger partial charge on any atom is -0.396 e. The standard InChI is InChI=1S/C15H25N3O/c1-12-8-14(9-16-2)10-17-15(12)18-6-3-4-13(11-18)5-7-19/h8,10,13,16,19H,3-7,9,11H2,1-2H3. The zero-order valence-corrected chi connectivity index (χ0v) is 12.0. The fraction of sp³-hybridized carbons (Fsp3) is 0.667. The molecule has 1 saturated heterocycles. The van der Waals surface area contributed by atoms with Gasteiger partial charge in [-0.15, -0.1) is 0 Å². The van der Waals surface area contributed by atoms with Crippen LogP contribution in [0.4, 0.5) is 5.82 Å². The second kappa shape index (κ2) is 6.87. The maximum Gasteiger partial charge on any atom is 0.131 e. The molecule has 106 valence electrons. The van der Waals surface area contributed by atoms with Crippen molar-refractivity contribution in [3.05, 3.63) is 23.4 Å². The summed E-state index contributed by atoms with van der Waals surface area (Å²) in [5.41, 5.74) is 2.48. The first-order valence-corrected chi connectivity index (χ1v) is 7.20. The first-order valence-electron chi connectivity index (χ1n) is 7.20. The van der Waals surface area contributed by atoms with Gasteiger partial charge in [0, 0.05) is 32.4 Å². The Hall–Kier alpha value is -1.13. The monoisotopic (exact) mass is 263 g/mol. The summed E-state index contributed by atoms with van der Waals surface area (Å²) in [5.74, 6) is 1.72. The third-order valence-corrected chi connectivity index (χ3v) is 3.84. The fourth-order valence-electron chi connectivity index (χ4n) is 2.93. The maximum absolute atomic E-state index is 9.08. The maximum atomic E-state index is 9.08.